The molecule has 0 aromatic heterocycles. The zero-order valence-corrected chi connectivity index (χ0v) is 9.54. The molecule has 0 radical (unpaired) electrons. The average Bonchev–Trinajstić information content (AvgIpc) is 2.17. The Bertz CT molecular complexity index is 248. The summed E-state index contributed by atoms with van der Waals surface area (Å²) in [6, 6.07) is 0. The molecule has 0 aromatic rings. The molecule has 0 N–H and O–H groups in total. The summed E-state index contributed by atoms with van der Waals surface area (Å²) in [6.07, 6.45) is 0. The van der Waals surface area contributed by atoms with Gasteiger partial charge in [0, 0.05) is 0 Å². The lowest BCUT2D eigenvalue weighted by molar-refractivity contribution is -0.138. The van der Waals surface area contributed by atoms with Crippen LogP contribution in [0.25, 0.3) is 0 Å². The van der Waals surface area contributed by atoms with Crippen molar-refractivity contribution in [2.24, 2.45) is 0 Å². The van der Waals surface area contributed by atoms with Crippen molar-refractivity contribution in [3.63, 3.8) is 0 Å². The second kappa shape index (κ2) is 6.22. The summed E-state index contributed by atoms with van der Waals surface area (Å²) < 4.78 is 8.76. The van der Waals surface area contributed by atoms with E-state index in [2.05, 4.69) is 33.8 Å². The molecule has 0 amide bonds. The quantitative estimate of drug-likeness (QED) is 0.334. The fourth-order valence-electron chi connectivity index (χ4n) is 0.459. The van der Waals surface area contributed by atoms with E-state index in [0.717, 1.165) is 10.8 Å². The van der Waals surface area contributed by atoms with Crippen LogP contribution in [-0.2, 0) is 19.1 Å². The highest BCUT2D eigenvalue weighted by atomic mass is 33.1. The van der Waals surface area contributed by atoms with Crippen molar-refractivity contribution >= 4 is 47.0 Å². The van der Waals surface area contributed by atoms with Gasteiger partial charge in [-0.1, -0.05) is 10.8 Å². The van der Waals surface area contributed by atoms with Crippen LogP contribution in [0.3, 0.4) is 0 Å². The summed E-state index contributed by atoms with van der Waals surface area (Å²) in [7, 11) is 3.17. The van der Waals surface area contributed by atoms with Gasteiger partial charge in [0.05, 0.1) is 14.2 Å². The van der Waals surface area contributed by atoms with Crippen LogP contribution >= 0.6 is 35.1 Å². The molecule has 0 aliphatic carbocycles. The molecule has 0 fully saturated rings. The van der Waals surface area contributed by atoms with Crippen molar-refractivity contribution in [1.29, 1.82) is 0 Å². The minimum absolute atomic E-state index is 0.000941. The van der Waals surface area contributed by atoms with Crippen LogP contribution in [0.4, 0.5) is 0 Å². The largest absolute Gasteiger partial charge is 0.465 e. The lowest BCUT2D eigenvalue weighted by atomic mass is 10.5. The van der Waals surface area contributed by atoms with Gasteiger partial charge in [-0.05, 0) is 0 Å². The predicted octanol–water partition coefficient (Wildman–Crippen LogP) is 1.05. The normalized spacial score (nSPS) is 11.7. The number of hydrogen-bond acceptors (Lipinski definition) is 7. The Labute approximate surface area is 90.3 Å². The molecule has 0 aliphatic rings. The van der Waals surface area contributed by atoms with Gasteiger partial charge in [-0.15, -0.1) is 24.3 Å². The van der Waals surface area contributed by atoms with Crippen LogP contribution in [0.5, 0.6) is 0 Å². The Morgan fingerprint density at radius 3 is 1.92 bits per heavy atom. The van der Waals surface area contributed by atoms with E-state index in [0.29, 0.717) is 0 Å². The second-order valence-corrected chi connectivity index (χ2v) is 3.34. The van der Waals surface area contributed by atoms with Gasteiger partial charge in [0.25, 0.3) is 0 Å². The highest BCUT2D eigenvalue weighted by Crippen LogP contribution is 2.26. The van der Waals surface area contributed by atoms with Gasteiger partial charge >= 0.3 is 11.9 Å². The fraction of sp³-hybridized carbons (Fsp3) is 0.333. The molecule has 0 aromatic carbocycles. The third-order valence-corrected chi connectivity index (χ3v) is 2.71. The van der Waals surface area contributed by atoms with E-state index in [1.165, 1.54) is 14.2 Å². The van der Waals surface area contributed by atoms with E-state index in [-0.39, 0.29) is 9.81 Å². The molecule has 0 unspecified atom stereocenters. The van der Waals surface area contributed by atoms with Crippen LogP contribution < -0.4 is 0 Å². The minimum Gasteiger partial charge on any atom is -0.465 e. The van der Waals surface area contributed by atoms with Crippen LogP contribution in [0, 0.1) is 0 Å². The molecule has 0 saturated heterocycles. The number of hydrogen-bond donors (Lipinski definition) is 2. The van der Waals surface area contributed by atoms with Gasteiger partial charge in [-0.3, -0.25) is 0 Å². The zero-order valence-electron chi connectivity index (χ0n) is 6.94. The summed E-state index contributed by atoms with van der Waals surface area (Å²) in [4.78, 5) is 21.8. The monoisotopic (exact) mass is 240 g/mol. The summed E-state index contributed by atoms with van der Waals surface area (Å²) in [5, 5.41) is 0. The van der Waals surface area contributed by atoms with E-state index in [1.54, 1.807) is 0 Å². The number of esters is 2. The van der Waals surface area contributed by atoms with E-state index >= 15 is 0 Å². The predicted molar refractivity (Wildman–Crippen MR) is 56.6 cm³/mol. The highest BCUT2D eigenvalue weighted by molar-refractivity contribution is 8.70. The topological polar surface area (TPSA) is 52.6 Å². The number of methoxy groups -OCH3 is 2. The molecule has 0 spiro atoms. The van der Waals surface area contributed by atoms with Crippen molar-refractivity contribution in [3.8, 4) is 0 Å². The Morgan fingerprint density at radius 1 is 1.15 bits per heavy atom. The van der Waals surface area contributed by atoms with Crippen molar-refractivity contribution < 1.29 is 19.1 Å². The molecule has 0 rings (SSSR count). The lowest BCUT2D eigenvalue weighted by Crippen LogP contribution is -2.09. The molecular formula is C6H8O4S3. The van der Waals surface area contributed by atoms with Crippen LogP contribution in [0.1, 0.15) is 0 Å². The van der Waals surface area contributed by atoms with Gasteiger partial charge in [0.2, 0.25) is 0 Å². The third-order valence-electron chi connectivity index (χ3n) is 1.06. The zero-order chi connectivity index (χ0) is 10.4. The molecule has 4 nitrogen and oxygen atoms in total. The summed E-state index contributed by atoms with van der Waals surface area (Å²) >= 11 is 7.59. The standard InChI is InChI=1S/C6H8O4S3/c1-9-5(7)3(11)4(13-12)6(8)10-2/h11-12H,1-2H3/b4-3-. The SMILES string of the molecule is COC(=O)/C(S)=C(/SS)C(=O)OC. The molecule has 74 valence electrons. The summed E-state index contributed by atoms with van der Waals surface area (Å²) in [6.45, 7) is 0. The van der Waals surface area contributed by atoms with E-state index in [1.807, 2.05) is 0 Å². The van der Waals surface area contributed by atoms with Gasteiger partial charge < -0.3 is 9.47 Å². The van der Waals surface area contributed by atoms with Crippen LogP contribution in [0.2, 0.25) is 0 Å². The first-order chi connectivity index (χ1) is 6.08. The van der Waals surface area contributed by atoms with Gasteiger partial charge in [0.1, 0.15) is 9.81 Å². The summed E-state index contributed by atoms with van der Waals surface area (Å²) in [5.74, 6) is -1.37. The highest BCUT2D eigenvalue weighted by Gasteiger charge is 2.19. The third kappa shape index (κ3) is 3.53. The van der Waals surface area contributed by atoms with Crippen molar-refractivity contribution in [2.45, 2.75) is 0 Å². The van der Waals surface area contributed by atoms with Gasteiger partial charge in [-0.2, -0.15) is 0 Å². The van der Waals surface area contributed by atoms with Gasteiger partial charge in [-0.25, -0.2) is 9.59 Å². The smallest absolute Gasteiger partial charge is 0.346 e. The lowest BCUT2D eigenvalue weighted by Gasteiger charge is -2.03. The molecule has 0 aliphatic heterocycles. The Hall–Kier alpha value is -0.270. The molecule has 0 saturated carbocycles. The molecular weight excluding hydrogens is 232 g/mol. The van der Waals surface area contributed by atoms with Crippen molar-refractivity contribution in [2.75, 3.05) is 14.2 Å². The molecule has 13 heavy (non-hydrogen) atoms. The Balaban J connectivity index is 4.89. The first kappa shape index (κ1) is 12.7. The number of thiol groups is 2. The molecule has 0 heterocycles. The maximum Gasteiger partial charge on any atom is 0.346 e. The first-order valence-electron chi connectivity index (χ1n) is 2.99. The van der Waals surface area contributed by atoms with E-state index in [9.17, 15) is 9.59 Å². The van der Waals surface area contributed by atoms with E-state index < -0.39 is 11.9 Å². The molecule has 0 atom stereocenters. The first-order valence-corrected chi connectivity index (χ1v) is 5.31. The average molecular weight is 240 g/mol. The Kier molecular flexibility index (Phi) is 6.10. The number of rotatable bonds is 3. The molecule has 0 bridgehead atoms. The number of ether oxygens (including phenoxy) is 2. The Morgan fingerprint density at radius 2 is 1.62 bits per heavy atom. The number of carbonyl (C=O) groups excluding carboxylic acids is 2. The fourth-order valence-corrected chi connectivity index (χ4v) is 1.82. The van der Waals surface area contributed by atoms with Gasteiger partial charge in [0.15, 0.2) is 0 Å². The number of carbonyl (C=O) groups is 2. The van der Waals surface area contributed by atoms with E-state index in [4.69, 9.17) is 0 Å². The maximum absolute atomic E-state index is 11.0. The molecule has 7 heteroatoms. The van der Waals surface area contributed by atoms with Crippen molar-refractivity contribution in [3.05, 3.63) is 9.81 Å². The van der Waals surface area contributed by atoms with Crippen LogP contribution in [-0.4, -0.2) is 26.2 Å². The summed E-state index contributed by atoms with van der Waals surface area (Å²) in [5.41, 5.74) is 0. The van der Waals surface area contributed by atoms with Crippen molar-refractivity contribution in [1.82, 2.24) is 0 Å². The minimum atomic E-state index is -0.703. The van der Waals surface area contributed by atoms with Crippen LogP contribution in [0.15, 0.2) is 9.81 Å². The maximum atomic E-state index is 11.0. The second-order valence-electron chi connectivity index (χ2n) is 1.75.